The summed E-state index contributed by atoms with van der Waals surface area (Å²) in [5.74, 6) is 0. The van der Waals surface area contributed by atoms with Crippen molar-refractivity contribution in [3.05, 3.63) is 34.4 Å². The minimum Gasteiger partial charge on any atom is -0.306 e. The molecule has 0 bridgehead atoms. The van der Waals surface area contributed by atoms with Crippen LogP contribution in [0, 0.1) is 10.1 Å². The Morgan fingerprint density at radius 2 is 1.80 bits per heavy atom. The van der Waals surface area contributed by atoms with E-state index < -0.39 is 17.8 Å². The highest BCUT2D eigenvalue weighted by molar-refractivity contribution is 8.05. The van der Waals surface area contributed by atoms with E-state index in [0.717, 1.165) is 0 Å². The Hall–Kier alpha value is -0.950. The number of hydrogen-bond donors (Lipinski definition) is 0. The molecule has 0 aromatic heterocycles. The lowest BCUT2D eigenvalue weighted by Gasteiger charge is -2.19. The average Bonchev–Trinajstić information content (AvgIpc) is 2.39. The summed E-state index contributed by atoms with van der Waals surface area (Å²) in [6.07, 6.45) is 0. The fraction of sp³-hybridized carbons (Fsp3) is 0.455. The van der Waals surface area contributed by atoms with Gasteiger partial charge >= 0.3 is 7.60 Å². The highest BCUT2D eigenvalue weighted by Crippen LogP contribution is 2.58. The molecule has 6 nitrogen and oxygen atoms in total. The SMILES string of the molecule is CCOP(=O)(OCC)C(F)Sc1ccc([N+](=O)[O-])cc1. The molecule has 112 valence electrons. The maximum atomic E-state index is 14.1. The molecule has 0 saturated heterocycles. The Kier molecular flexibility index (Phi) is 6.61. The van der Waals surface area contributed by atoms with Crippen molar-refractivity contribution in [2.45, 2.75) is 24.0 Å². The number of alkyl halides is 1. The molecule has 0 amide bonds. The second-order valence-electron chi connectivity index (χ2n) is 3.54. The number of thioether (sulfide) groups is 1. The molecule has 0 saturated carbocycles. The van der Waals surface area contributed by atoms with Gasteiger partial charge in [0, 0.05) is 17.0 Å². The minimum atomic E-state index is -3.84. The maximum Gasteiger partial charge on any atom is 0.375 e. The third-order valence-corrected chi connectivity index (χ3v) is 5.71. The molecular formula is C11H15FNO5PS. The van der Waals surface area contributed by atoms with Crippen LogP contribution in [0.3, 0.4) is 0 Å². The van der Waals surface area contributed by atoms with Crippen LogP contribution in [0.15, 0.2) is 29.2 Å². The Balaban J connectivity index is 2.79. The summed E-state index contributed by atoms with van der Waals surface area (Å²) in [5.41, 5.74) is -0.0949. The highest BCUT2D eigenvalue weighted by atomic mass is 32.2. The number of hydrogen-bond acceptors (Lipinski definition) is 6. The van der Waals surface area contributed by atoms with Crippen LogP contribution in [0.5, 0.6) is 0 Å². The highest BCUT2D eigenvalue weighted by Gasteiger charge is 2.36. The molecule has 0 aliphatic carbocycles. The number of benzene rings is 1. The van der Waals surface area contributed by atoms with Gasteiger partial charge in [0.25, 0.3) is 10.9 Å². The second kappa shape index (κ2) is 7.73. The number of nitro benzene ring substituents is 1. The molecule has 9 heteroatoms. The van der Waals surface area contributed by atoms with Crippen LogP contribution in [-0.2, 0) is 13.6 Å². The van der Waals surface area contributed by atoms with E-state index in [4.69, 9.17) is 9.05 Å². The first kappa shape index (κ1) is 17.1. The van der Waals surface area contributed by atoms with E-state index in [1.807, 2.05) is 0 Å². The number of rotatable bonds is 8. The Bertz CT molecular complexity index is 488. The van der Waals surface area contributed by atoms with Crippen LogP contribution < -0.4 is 0 Å². The number of non-ortho nitro benzene ring substituents is 1. The summed E-state index contributed by atoms with van der Waals surface area (Å²) in [6, 6.07) is 5.28. The zero-order chi connectivity index (χ0) is 15.2. The van der Waals surface area contributed by atoms with Gasteiger partial charge in [0.15, 0.2) is 0 Å². The van der Waals surface area contributed by atoms with E-state index in [-0.39, 0.29) is 18.9 Å². The minimum absolute atomic E-state index is 0.0680. The van der Waals surface area contributed by atoms with Gasteiger partial charge in [-0.1, -0.05) is 11.8 Å². The lowest BCUT2D eigenvalue weighted by molar-refractivity contribution is -0.384. The van der Waals surface area contributed by atoms with Crippen LogP contribution in [-0.4, -0.2) is 23.4 Å². The smallest absolute Gasteiger partial charge is 0.306 e. The normalized spacial score (nSPS) is 13.2. The fourth-order valence-corrected chi connectivity index (χ4v) is 4.13. The van der Waals surface area contributed by atoms with Gasteiger partial charge in [-0.3, -0.25) is 14.7 Å². The van der Waals surface area contributed by atoms with Gasteiger partial charge in [0.1, 0.15) is 0 Å². The molecule has 0 aliphatic rings. The quantitative estimate of drug-likeness (QED) is 0.309. The van der Waals surface area contributed by atoms with Gasteiger partial charge in [0.2, 0.25) is 0 Å². The third kappa shape index (κ3) is 4.56. The van der Waals surface area contributed by atoms with Crippen LogP contribution in [0.2, 0.25) is 0 Å². The van der Waals surface area contributed by atoms with E-state index in [1.54, 1.807) is 13.8 Å². The van der Waals surface area contributed by atoms with Gasteiger partial charge in [-0.15, -0.1) is 0 Å². The molecule has 0 radical (unpaired) electrons. The van der Waals surface area contributed by atoms with E-state index in [0.29, 0.717) is 16.7 Å². The second-order valence-corrected chi connectivity index (χ2v) is 7.06. The molecule has 0 heterocycles. The molecule has 20 heavy (non-hydrogen) atoms. The number of halogens is 1. The number of nitrogens with zero attached hydrogens (tertiary/aromatic N) is 1. The summed E-state index contributed by atoms with van der Waals surface area (Å²) >= 11 is 0.648. The summed E-state index contributed by atoms with van der Waals surface area (Å²) in [4.78, 5) is 10.4. The van der Waals surface area contributed by atoms with E-state index >= 15 is 0 Å². The zero-order valence-electron chi connectivity index (χ0n) is 11.0. The molecule has 1 aromatic rings. The van der Waals surface area contributed by atoms with Crippen molar-refractivity contribution in [3.63, 3.8) is 0 Å². The first-order valence-electron chi connectivity index (χ1n) is 5.87. The van der Waals surface area contributed by atoms with Crippen molar-refractivity contribution in [2.75, 3.05) is 13.2 Å². The van der Waals surface area contributed by atoms with Crippen molar-refractivity contribution >= 4 is 25.0 Å². The molecule has 0 spiro atoms. The van der Waals surface area contributed by atoms with Gasteiger partial charge in [-0.05, 0) is 26.0 Å². The molecule has 1 atom stereocenters. The van der Waals surface area contributed by atoms with Crippen LogP contribution >= 0.6 is 19.4 Å². The molecule has 0 aliphatic heterocycles. The molecule has 0 N–H and O–H groups in total. The topological polar surface area (TPSA) is 78.7 Å². The van der Waals surface area contributed by atoms with Crippen molar-refractivity contribution in [3.8, 4) is 0 Å². The monoisotopic (exact) mass is 323 g/mol. The van der Waals surface area contributed by atoms with Gasteiger partial charge in [-0.2, -0.15) is 0 Å². The van der Waals surface area contributed by atoms with E-state index in [1.165, 1.54) is 24.3 Å². The predicted octanol–water partition coefficient (Wildman–Crippen LogP) is 4.21. The Morgan fingerprint density at radius 3 is 2.20 bits per heavy atom. The van der Waals surface area contributed by atoms with Crippen molar-refractivity contribution in [1.82, 2.24) is 0 Å². The largest absolute Gasteiger partial charge is 0.375 e. The summed E-state index contributed by atoms with van der Waals surface area (Å²) < 4.78 is 36.0. The van der Waals surface area contributed by atoms with Gasteiger partial charge in [-0.25, -0.2) is 4.39 Å². The first-order valence-corrected chi connectivity index (χ1v) is 8.36. The maximum absolute atomic E-state index is 14.1. The fourth-order valence-electron chi connectivity index (χ4n) is 1.34. The summed E-state index contributed by atoms with van der Waals surface area (Å²) in [5, 5.41) is 8.62. The summed E-state index contributed by atoms with van der Waals surface area (Å²) in [7, 11) is -3.84. The van der Waals surface area contributed by atoms with Crippen molar-refractivity contribution in [1.29, 1.82) is 0 Å². The number of nitro groups is 1. The lowest BCUT2D eigenvalue weighted by atomic mass is 10.3. The van der Waals surface area contributed by atoms with E-state index in [2.05, 4.69) is 0 Å². The Morgan fingerprint density at radius 1 is 1.30 bits per heavy atom. The lowest BCUT2D eigenvalue weighted by Crippen LogP contribution is -2.05. The predicted molar refractivity (Wildman–Crippen MR) is 74.7 cm³/mol. The average molecular weight is 323 g/mol. The molecule has 1 aromatic carbocycles. The van der Waals surface area contributed by atoms with Crippen molar-refractivity contribution in [2.24, 2.45) is 0 Å². The zero-order valence-corrected chi connectivity index (χ0v) is 12.7. The van der Waals surface area contributed by atoms with Crippen molar-refractivity contribution < 1.29 is 22.9 Å². The van der Waals surface area contributed by atoms with Crippen LogP contribution in [0.25, 0.3) is 0 Å². The summed E-state index contributed by atoms with van der Waals surface area (Å²) in [6.45, 7) is 3.32. The van der Waals surface area contributed by atoms with Crippen LogP contribution in [0.4, 0.5) is 10.1 Å². The molecule has 0 fully saturated rings. The molecule has 1 rings (SSSR count). The standard InChI is InChI=1S/C11H15FNO5PS/c1-3-17-19(16,18-4-2)11(12)20-10-7-5-9(6-8-10)13(14)15/h5-8,11H,3-4H2,1-2H3. The van der Waals surface area contributed by atoms with Crippen LogP contribution in [0.1, 0.15) is 13.8 Å². The van der Waals surface area contributed by atoms with Gasteiger partial charge in [0.05, 0.1) is 18.1 Å². The Labute approximate surface area is 120 Å². The first-order chi connectivity index (χ1) is 9.42. The third-order valence-electron chi connectivity index (χ3n) is 2.15. The molecular weight excluding hydrogens is 308 g/mol. The van der Waals surface area contributed by atoms with E-state index in [9.17, 15) is 19.1 Å². The van der Waals surface area contributed by atoms with Gasteiger partial charge < -0.3 is 9.05 Å². The molecule has 1 unspecified atom stereocenters.